The predicted octanol–water partition coefficient (Wildman–Crippen LogP) is 2.95. The number of carbonyl (C=O) groups is 3. The molecule has 6 nitrogen and oxygen atoms in total. The van der Waals surface area contributed by atoms with Crippen LogP contribution in [0, 0.1) is 17.8 Å². The number of ether oxygens (including phenoxy) is 1. The Bertz CT molecular complexity index is 806. The van der Waals surface area contributed by atoms with Crippen molar-refractivity contribution in [2.45, 2.75) is 52.0 Å². The van der Waals surface area contributed by atoms with Gasteiger partial charge in [0, 0.05) is 18.0 Å². The highest BCUT2D eigenvalue weighted by Crippen LogP contribution is 2.49. The van der Waals surface area contributed by atoms with Gasteiger partial charge < -0.3 is 10.1 Å². The van der Waals surface area contributed by atoms with E-state index >= 15 is 0 Å². The van der Waals surface area contributed by atoms with E-state index in [1.54, 1.807) is 25.1 Å². The highest BCUT2D eigenvalue weighted by Gasteiger charge is 2.42. The fraction of sp³-hybridized carbons (Fsp3) is 0.591. The lowest BCUT2D eigenvalue weighted by Gasteiger charge is -2.31. The SMILES string of the molecule is CCC(=O)c1ccc2c(c1)N(CC(=O)NC(C)C1CC3CCC1C3)C(=O)CO2. The number of nitrogens with one attached hydrogen (secondary N) is 1. The molecule has 2 aliphatic carbocycles. The minimum absolute atomic E-state index is 0.00451. The molecule has 1 N–H and O–H groups in total. The number of amides is 2. The molecule has 4 atom stereocenters. The minimum atomic E-state index is -0.267. The molecule has 0 radical (unpaired) electrons. The molecule has 2 bridgehead atoms. The van der Waals surface area contributed by atoms with Crippen LogP contribution in [0.2, 0.25) is 0 Å². The zero-order chi connectivity index (χ0) is 19.8. The maximum Gasteiger partial charge on any atom is 0.265 e. The zero-order valence-corrected chi connectivity index (χ0v) is 16.6. The molecule has 0 aromatic heterocycles. The van der Waals surface area contributed by atoms with Gasteiger partial charge in [-0.3, -0.25) is 19.3 Å². The van der Waals surface area contributed by atoms with Crippen LogP contribution in [0.15, 0.2) is 18.2 Å². The average molecular weight is 384 g/mol. The Kier molecular flexibility index (Phi) is 5.13. The van der Waals surface area contributed by atoms with Crippen molar-refractivity contribution in [3.63, 3.8) is 0 Å². The molecule has 2 saturated carbocycles. The third kappa shape index (κ3) is 3.52. The summed E-state index contributed by atoms with van der Waals surface area (Å²) in [5.41, 5.74) is 1.03. The molecular formula is C22H28N2O4. The van der Waals surface area contributed by atoms with Gasteiger partial charge in [0.2, 0.25) is 5.91 Å². The third-order valence-corrected chi connectivity index (χ3v) is 6.67. The molecule has 1 aliphatic heterocycles. The van der Waals surface area contributed by atoms with Crippen molar-refractivity contribution in [2.24, 2.45) is 17.8 Å². The Balaban J connectivity index is 1.46. The molecule has 28 heavy (non-hydrogen) atoms. The van der Waals surface area contributed by atoms with Crippen molar-refractivity contribution in [1.29, 1.82) is 0 Å². The van der Waals surface area contributed by atoms with Crippen LogP contribution < -0.4 is 15.0 Å². The normalized spacial score (nSPS) is 26.6. The van der Waals surface area contributed by atoms with Crippen molar-refractivity contribution < 1.29 is 19.1 Å². The molecule has 1 aromatic rings. The summed E-state index contributed by atoms with van der Waals surface area (Å²) < 4.78 is 5.48. The third-order valence-electron chi connectivity index (χ3n) is 6.67. The van der Waals surface area contributed by atoms with Gasteiger partial charge in [-0.2, -0.15) is 0 Å². The maximum atomic E-state index is 12.7. The predicted molar refractivity (Wildman–Crippen MR) is 105 cm³/mol. The van der Waals surface area contributed by atoms with Crippen LogP contribution in [-0.2, 0) is 9.59 Å². The van der Waals surface area contributed by atoms with Crippen molar-refractivity contribution in [1.82, 2.24) is 5.32 Å². The number of Topliss-reactive ketones (excluding diaryl/α,β-unsaturated/α-hetero) is 1. The molecule has 1 heterocycles. The topological polar surface area (TPSA) is 75.7 Å². The number of benzene rings is 1. The first kappa shape index (κ1) is 19.0. The maximum absolute atomic E-state index is 12.7. The molecule has 2 fully saturated rings. The van der Waals surface area contributed by atoms with Crippen LogP contribution in [-0.4, -0.2) is 36.8 Å². The Morgan fingerprint density at radius 1 is 1.29 bits per heavy atom. The van der Waals surface area contributed by atoms with E-state index in [2.05, 4.69) is 12.2 Å². The first-order valence-corrected chi connectivity index (χ1v) is 10.4. The molecule has 4 unspecified atom stereocenters. The zero-order valence-electron chi connectivity index (χ0n) is 16.6. The second-order valence-electron chi connectivity index (χ2n) is 8.42. The van der Waals surface area contributed by atoms with Gasteiger partial charge in [0.25, 0.3) is 5.91 Å². The summed E-state index contributed by atoms with van der Waals surface area (Å²) in [4.78, 5) is 38.6. The smallest absolute Gasteiger partial charge is 0.265 e. The highest BCUT2D eigenvalue weighted by molar-refractivity contribution is 6.04. The average Bonchev–Trinajstić information content (AvgIpc) is 3.33. The summed E-state index contributed by atoms with van der Waals surface area (Å²) in [6.07, 6.45) is 5.50. The summed E-state index contributed by atoms with van der Waals surface area (Å²) in [6, 6.07) is 5.18. The highest BCUT2D eigenvalue weighted by atomic mass is 16.5. The molecule has 6 heteroatoms. The molecule has 0 spiro atoms. The second-order valence-corrected chi connectivity index (χ2v) is 8.42. The molecule has 2 amide bonds. The van der Waals surface area contributed by atoms with Crippen LogP contribution in [0.4, 0.5) is 5.69 Å². The molecule has 4 rings (SSSR count). The first-order valence-electron chi connectivity index (χ1n) is 10.4. The van der Waals surface area contributed by atoms with Crippen LogP contribution >= 0.6 is 0 Å². The van der Waals surface area contributed by atoms with Gasteiger partial charge in [0.1, 0.15) is 12.3 Å². The summed E-state index contributed by atoms with van der Waals surface area (Å²) in [5, 5.41) is 3.11. The Labute approximate surface area is 165 Å². The first-order chi connectivity index (χ1) is 13.5. The van der Waals surface area contributed by atoms with E-state index in [1.165, 1.54) is 30.6 Å². The van der Waals surface area contributed by atoms with Gasteiger partial charge in [-0.1, -0.05) is 13.3 Å². The lowest BCUT2D eigenvalue weighted by molar-refractivity contribution is -0.125. The number of rotatable bonds is 6. The minimum Gasteiger partial charge on any atom is -0.482 e. The van der Waals surface area contributed by atoms with E-state index in [0.29, 0.717) is 29.3 Å². The fourth-order valence-electron chi connectivity index (χ4n) is 5.21. The van der Waals surface area contributed by atoms with Gasteiger partial charge in [0.05, 0.1) is 5.69 Å². The van der Waals surface area contributed by atoms with Crippen molar-refractivity contribution >= 4 is 23.3 Å². The number of fused-ring (bicyclic) bond motifs is 3. The summed E-state index contributed by atoms with van der Waals surface area (Å²) in [5.74, 6) is 2.20. The summed E-state index contributed by atoms with van der Waals surface area (Å²) in [6.45, 7) is 3.73. The largest absolute Gasteiger partial charge is 0.482 e. The van der Waals surface area contributed by atoms with Crippen LogP contribution in [0.25, 0.3) is 0 Å². The van der Waals surface area contributed by atoms with Gasteiger partial charge in [0.15, 0.2) is 12.4 Å². The number of hydrogen-bond acceptors (Lipinski definition) is 4. The van der Waals surface area contributed by atoms with E-state index in [-0.39, 0.29) is 36.8 Å². The lowest BCUT2D eigenvalue weighted by atomic mass is 9.84. The van der Waals surface area contributed by atoms with Crippen LogP contribution in [0.5, 0.6) is 5.75 Å². The lowest BCUT2D eigenvalue weighted by Crippen LogP contribution is -2.48. The van der Waals surface area contributed by atoms with E-state index in [9.17, 15) is 14.4 Å². The molecule has 1 aromatic carbocycles. The summed E-state index contributed by atoms with van der Waals surface area (Å²) in [7, 11) is 0. The number of ketones is 1. The number of anilines is 1. The quantitative estimate of drug-likeness (QED) is 0.765. The van der Waals surface area contributed by atoms with Gasteiger partial charge in [-0.05, 0) is 62.1 Å². The van der Waals surface area contributed by atoms with E-state index < -0.39 is 0 Å². The second kappa shape index (κ2) is 7.57. The Morgan fingerprint density at radius 2 is 2.11 bits per heavy atom. The monoisotopic (exact) mass is 384 g/mol. The van der Waals surface area contributed by atoms with Crippen molar-refractivity contribution in [3.8, 4) is 5.75 Å². The molecule has 3 aliphatic rings. The van der Waals surface area contributed by atoms with Gasteiger partial charge >= 0.3 is 0 Å². The summed E-state index contributed by atoms with van der Waals surface area (Å²) >= 11 is 0. The van der Waals surface area contributed by atoms with Crippen molar-refractivity contribution in [3.05, 3.63) is 23.8 Å². The van der Waals surface area contributed by atoms with E-state index in [1.807, 2.05) is 0 Å². The molecular weight excluding hydrogens is 356 g/mol. The fourth-order valence-corrected chi connectivity index (χ4v) is 5.21. The van der Waals surface area contributed by atoms with Crippen molar-refractivity contribution in [2.75, 3.05) is 18.1 Å². The number of carbonyl (C=O) groups excluding carboxylic acids is 3. The Hall–Kier alpha value is -2.37. The number of hydrogen-bond donors (Lipinski definition) is 1. The van der Waals surface area contributed by atoms with Crippen LogP contribution in [0.3, 0.4) is 0 Å². The Morgan fingerprint density at radius 3 is 2.79 bits per heavy atom. The van der Waals surface area contributed by atoms with Gasteiger partial charge in [-0.25, -0.2) is 0 Å². The van der Waals surface area contributed by atoms with E-state index in [0.717, 1.165) is 11.8 Å². The number of nitrogens with zero attached hydrogens (tertiary/aromatic N) is 1. The van der Waals surface area contributed by atoms with E-state index in [4.69, 9.17) is 4.74 Å². The van der Waals surface area contributed by atoms with Gasteiger partial charge in [-0.15, -0.1) is 0 Å². The molecule has 150 valence electrons. The van der Waals surface area contributed by atoms with Crippen LogP contribution in [0.1, 0.15) is 56.3 Å². The standard InChI is InChI=1S/C22H28N2O4/c1-3-19(25)16-6-7-20-18(10-16)24(22(27)12-28-20)11-21(26)23-13(2)17-9-14-4-5-15(17)8-14/h6-7,10,13-15,17H,3-5,8-9,11-12H2,1-2H3,(H,23,26). The molecule has 0 saturated heterocycles.